The lowest BCUT2D eigenvalue weighted by Gasteiger charge is -2.05. The van der Waals surface area contributed by atoms with Gasteiger partial charge in [0.2, 0.25) is 0 Å². The fourth-order valence-electron chi connectivity index (χ4n) is 2.13. The molecule has 100 valence electrons. The van der Waals surface area contributed by atoms with Gasteiger partial charge in [0.15, 0.2) is 5.78 Å². The number of nitrogens with zero attached hydrogens (tertiary/aromatic N) is 2. The van der Waals surface area contributed by atoms with Crippen LogP contribution >= 0.6 is 15.9 Å². The van der Waals surface area contributed by atoms with Crippen molar-refractivity contribution in [3.05, 3.63) is 64.4 Å². The van der Waals surface area contributed by atoms with Crippen molar-refractivity contribution in [2.75, 3.05) is 7.11 Å². The van der Waals surface area contributed by atoms with E-state index < -0.39 is 0 Å². The highest BCUT2D eigenvalue weighted by Gasteiger charge is 2.19. The second-order valence-corrected chi connectivity index (χ2v) is 5.09. The smallest absolute Gasteiger partial charge is 0.198 e. The summed E-state index contributed by atoms with van der Waals surface area (Å²) in [4.78, 5) is 12.7. The average molecular weight is 331 g/mol. The predicted octanol–water partition coefficient (Wildman–Crippen LogP) is 3.34. The van der Waals surface area contributed by atoms with Gasteiger partial charge < -0.3 is 4.74 Å². The number of ketones is 1. The Balaban J connectivity index is 2.20. The molecular weight excluding hydrogens is 320 g/mol. The van der Waals surface area contributed by atoms with Gasteiger partial charge in [-0.3, -0.25) is 4.79 Å². The van der Waals surface area contributed by atoms with Gasteiger partial charge in [-0.25, -0.2) is 4.52 Å². The molecule has 2 aromatic heterocycles. The SMILES string of the molecule is COc1cccn2ncc(C(=O)c3ccccc3Br)c12. The van der Waals surface area contributed by atoms with Crippen LogP contribution in [0, 0.1) is 0 Å². The Morgan fingerprint density at radius 2 is 2.00 bits per heavy atom. The van der Waals surface area contributed by atoms with Crippen molar-refractivity contribution in [2.45, 2.75) is 0 Å². The van der Waals surface area contributed by atoms with Crippen molar-refractivity contribution in [1.82, 2.24) is 9.61 Å². The van der Waals surface area contributed by atoms with Crippen LogP contribution in [0.3, 0.4) is 0 Å². The third-order valence-electron chi connectivity index (χ3n) is 3.09. The van der Waals surface area contributed by atoms with Crippen LogP contribution in [-0.4, -0.2) is 22.5 Å². The fraction of sp³-hybridized carbons (Fsp3) is 0.0667. The summed E-state index contributed by atoms with van der Waals surface area (Å²) < 4.78 is 7.72. The van der Waals surface area contributed by atoms with E-state index in [0.717, 1.165) is 4.47 Å². The molecule has 0 aliphatic carbocycles. The van der Waals surface area contributed by atoms with E-state index in [1.165, 1.54) is 0 Å². The zero-order chi connectivity index (χ0) is 14.1. The summed E-state index contributed by atoms with van der Waals surface area (Å²) in [6.07, 6.45) is 3.36. The molecule has 20 heavy (non-hydrogen) atoms. The predicted molar refractivity (Wildman–Crippen MR) is 79.3 cm³/mol. The quantitative estimate of drug-likeness (QED) is 0.692. The Hall–Kier alpha value is -2.14. The van der Waals surface area contributed by atoms with Crippen molar-refractivity contribution in [3.8, 4) is 5.75 Å². The number of hydrogen-bond acceptors (Lipinski definition) is 3. The normalized spacial score (nSPS) is 10.7. The number of fused-ring (bicyclic) bond motifs is 1. The third-order valence-corrected chi connectivity index (χ3v) is 3.78. The molecule has 2 heterocycles. The van der Waals surface area contributed by atoms with Crippen molar-refractivity contribution in [1.29, 1.82) is 0 Å². The minimum Gasteiger partial charge on any atom is -0.494 e. The highest BCUT2D eigenvalue weighted by Crippen LogP contribution is 2.27. The minimum absolute atomic E-state index is 0.0861. The highest BCUT2D eigenvalue weighted by molar-refractivity contribution is 9.10. The van der Waals surface area contributed by atoms with E-state index in [9.17, 15) is 4.79 Å². The first kappa shape index (κ1) is 12.9. The van der Waals surface area contributed by atoms with Crippen LogP contribution in [0.4, 0.5) is 0 Å². The summed E-state index contributed by atoms with van der Waals surface area (Å²) in [7, 11) is 1.58. The Morgan fingerprint density at radius 1 is 1.20 bits per heavy atom. The second kappa shape index (κ2) is 5.09. The molecule has 0 N–H and O–H groups in total. The van der Waals surface area contributed by atoms with Gasteiger partial charge >= 0.3 is 0 Å². The van der Waals surface area contributed by atoms with Gasteiger partial charge in [0.25, 0.3) is 0 Å². The summed E-state index contributed by atoms with van der Waals surface area (Å²) in [5.41, 5.74) is 1.80. The number of carbonyl (C=O) groups is 1. The first-order valence-corrected chi connectivity index (χ1v) is 6.81. The van der Waals surface area contributed by atoms with Crippen molar-refractivity contribution >= 4 is 27.2 Å². The number of benzene rings is 1. The van der Waals surface area contributed by atoms with E-state index in [1.807, 2.05) is 30.3 Å². The average Bonchev–Trinajstić information content (AvgIpc) is 2.91. The van der Waals surface area contributed by atoms with E-state index in [-0.39, 0.29) is 5.78 Å². The number of aromatic nitrogens is 2. The van der Waals surface area contributed by atoms with Crippen LogP contribution < -0.4 is 4.74 Å². The van der Waals surface area contributed by atoms with E-state index in [2.05, 4.69) is 21.0 Å². The molecule has 3 rings (SSSR count). The number of carbonyl (C=O) groups excluding carboxylic acids is 1. The maximum absolute atomic E-state index is 12.7. The van der Waals surface area contributed by atoms with Crippen LogP contribution in [-0.2, 0) is 0 Å². The van der Waals surface area contributed by atoms with Crippen LogP contribution in [0.25, 0.3) is 5.52 Å². The molecular formula is C15H11BrN2O2. The maximum atomic E-state index is 12.7. The molecule has 0 saturated heterocycles. The summed E-state index contributed by atoms with van der Waals surface area (Å²) in [6.45, 7) is 0. The Kier molecular flexibility index (Phi) is 3.28. The van der Waals surface area contributed by atoms with Gasteiger partial charge in [-0.2, -0.15) is 5.10 Å². The Bertz CT molecular complexity index is 795. The number of hydrogen-bond donors (Lipinski definition) is 0. The molecule has 0 bridgehead atoms. The highest BCUT2D eigenvalue weighted by atomic mass is 79.9. The monoisotopic (exact) mass is 330 g/mol. The molecule has 5 heteroatoms. The Morgan fingerprint density at radius 3 is 2.75 bits per heavy atom. The molecule has 4 nitrogen and oxygen atoms in total. The summed E-state index contributed by atoms with van der Waals surface area (Å²) >= 11 is 3.40. The zero-order valence-electron chi connectivity index (χ0n) is 10.7. The van der Waals surface area contributed by atoms with Crippen LogP contribution in [0.2, 0.25) is 0 Å². The van der Waals surface area contributed by atoms with E-state index in [0.29, 0.717) is 22.4 Å². The molecule has 3 aromatic rings. The number of rotatable bonds is 3. The number of ether oxygens (including phenoxy) is 1. The molecule has 0 aliphatic heterocycles. The molecule has 0 unspecified atom stereocenters. The maximum Gasteiger partial charge on any atom is 0.198 e. The minimum atomic E-state index is -0.0861. The van der Waals surface area contributed by atoms with Crippen LogP contribution in [0.15, 0.2) is 53.3 Å². The first-order chi connectivity index (χ1) is 9.72. The first-order valence-electron chi connectivity index (χ1n) is 6.02. The van der Waals surface area contributed by atoms with Gasteiger partial charge in [-0.05, 0) is 24.3 Å². The van der Waals surface area contributed by atoms with Crippen molar-refractivity contribution in [2.24, 2.45) is 0 Å². The molecule has 0 fully saturated rings. The summed E-state index contributed by atoms with van der Waals surface area (Å²) in [6, 6.07) is 11.0. The zero-order valence-corrected chi connectivity index (χ0v) is 12.3. The molecule has 0 saturated carbocycles. The number of halogens is 1. The third kappa shape index (κ3) is 2.00. The number of pyridine rings is 1. The lowest BCUT2D eigenvalue weighted by Crippen LogP contribution is -2.02. The van der Waals surface area contributed by atoms with Crippen molar-refractivity contribution in [3.63, 3.8) is 0 Å². The van der Waals surface area contributed by atoms with E-state index in [1.54, 1.807) is 30.1 Å². The topological polar surface area (TPSA) is 43.6 Å². The van der Waals surface area contributed by atoms with Crippen molar-refractivity contribution < 1.29 is 9.53 Å². The van der Waals surface area contributed by atoms with E-state index in [4.69, 9.17) is 4.74 Å². The van der Waals surface area contributed by atoms with Gasteiger partial charge in [-0.15, -0.1) is 0 Å². The lowest BCUT2D eigenvalue weighted by molar-refractivity contribution is 0.103. The Labute approximate surface area is 124 Å². The van der Waals surface area contributed by atoms with Gasteiger partial charge in [-0.1, -0.05) is 28.1 Å². The standard InChI is InChI=1S/C15H11BrN2O2/c1-20-13-7-4-8-18-14(13)11(9-17-18)15(19)10-5-2-3-6-12(10)16/h2-9H,1H3. The van der Waals surface area contributed by atoms with E-state index >= 15 is 0 Å². The fourth-order valence-corrected chi connectivity index (χ4v) is 2.60. The molecule has 0 atom stereocenters. The lowest BCUT2D eigenvalue weighted by atomic mass is 10.0. The molecule has 0 aliphatic rings. The summed E-state index contributed by atoms with van der Waals surface area (Å²) in [5.74, 6) is 0.539. The molecule has 0 radical (unpaired) electrons. The summed E-state index contributed by atoms with van der Waals surface area (Å²) in [5, 5.41) is 4.20. The van der Waals surface area contributed by atoms with Gasteiger partial charge in [0.1, 0.15) is 11.3 Å². The largest absolute Gasteiger partial charge is 0.494 e. The second-order valence-electron chi connectivity index (χ2n) is 4.24. The van der Waals surface area contributed by atoms with Crippen LogP contribution in [0.1, 0.15) is 15.9 Å². The molecule has 1 aromatic carbocycles. The van der Waals surface area contributed by atoms with Gasteiger partial charge in [0.05, 0.1) is 18.9 Å². The van der Waals surface area contributed by atoms with Gasteiger partial charge in [0, 0.05) is 16.2 Å². The number of methoxy groups -OCH3 is 1. The molecule has 0 spiro atoms. The molecule has 0 amide bonds. The van der Waals surface area contributed by atoms with Crippen LogP contribution in [0.5, 0.6) is 5.75 Å².